The summed E-state index contributed by atoms with van der Waals surface area (Å²) in [6.45, 7) is 3.13. The number of ether oxygens (including phenoxy) is 3. The van der Waals surface area contributed by atoms with Gasteiger partial charge in [0.1, 0.15) is 28.7 Å². The first-order valence-electron chi connectivity index (χ1n) is 14.9. The molecule has 0 spiro atoms. The van der Waals surface area contributed by atoms with E-state index in [0.29, 0.717) is 6.54 Å². The molecule has 48 heavy (non-hydrogen) atoms. The fourth-order valence-corrected chi connectivity index (χ4v) is 6.68. The first-order valence-corrected chi connectivity index (χ1v) is 14.9. The van der Waals surface area contributed by atoms with Gasteiger partial charge in [-0.2, -0.15) is 0 Å². The molecule has 2 aliphatic carbocycles. The van der Waals surface area contributed by atoms with E-state index in [-0.39, 0.29) is 66.5 Å². The van der Waals surface area contributed by atoms with Crippen LogP contribution in [-0.4, -0.2) is 75.0 Å². The molecule has 6 atom stereocenters. The van der Waals surface area contributed by atoms with Crippen LogP contribution in [0.5, 0.6) is 17.2 Å². The van der Waals surface area contributed by atoms with Gasteiger partial charge in [-0.3, -0.25) is 14.4 Å². The van der Waals surface area contributed by atoms with Gasteiger partial charge >= 0.3 is 0 Å². The summed E-state index contributed by atoms with van der Waals surface area (Å²) in [6, 6.07) is 9.76. The Morgan fingerprint density at radius 1 is 1.06 bits per heavy atom. The third-order valence-electron chi connectivity index (χ3n) is 9.23. The third kappa shape index (κ3) is 6.20. The van der Waals surface area contributed by atoms with Crippen LogP contribution in [0, 0.1) is 5.82 Å². The number of halogens is 2. The van der Waals surface area contributed by atoms with E-state index >= 15 is 0 Å². The minimum absolute atomic E-state index is 0. The lowest BCUT2D eigenvalue weighted by atomic mass is 9.72. The average molecular weight is 688 g/mol. The monoisotopic (exact) mass is 687 g/mol. The van der Waals surface area contributed by atoms with Gasteiger partial charge in [-0.1, -0.05) is 31.7 Å². The molecular weight excluding hydrogens is 649 g/mol. The molecule has 13 heteroatoms. The summed E-state index contributed by atoms with van der Waals surface area (Å²) in [7, 11) is 1.34. The van der Waals surface area contributed by atoms with E-state index in [1.54, 1.807) is 19.1 Å². The van der Waals surface area contributed by atoms with Crippen LogP contribution in [0.2, 0.25) is 0 Å². The number of nitrogens with one attached hydrogen (secondary N) is 1. The molecule has 3 aliphatic rings. The number of hydrogen-bond acceptors (Lipinski definition) is 11. The molecule has 6 rings (SSSR count). The molecule has 11 nitrogen and oxygen atoms in total. The Kier molecular flexibility index (Phi) is 10.7. The van der Waals surface area contributed by atoms with Gasteiger partial charge < -0.3 is 40.0 Å². The summed E-state index contributed by atoms with van der Waals surface area (Å²) >= 11 is 0. The first-order chi connectivity index (χ1) is 21.8. The van der Waals surface area contributed by atoms with Gasteiger partial charge in [-0.05, 0) is 37.6 Å². The maximum atomic E-state index is 13.8. The number of carbonyl (C=O) groups is 3. The van der Waals surface area contributed by atoms with Gasteiger partial charge in [0.05, 0.1) is 42.1 Å². The number of Topliss-reactive ketones (excluding diaryl/α,β-unsaturated/α-hetero) is 1. The Morgan fingerprint density at radius 2 is 1.73 bits per heavy atom. The molecule has 3 aromatic rings. The second-order valence-corrected chi connectivity index (χ2v) is 12.1. The molecule has 1 heterocycles. The summed E-state index contributed by atoms with van der Waals surface area (Å²) in [5.74, 6) is -3.65. The normalized spacial score (nSPS) is 25.9. The lowest BCUT2D eigenvalue weighted by molar-refractivity contribution is -0.249. The number of phenols is 2. The highest BCUT2D eigenvalue weighted by molar-refractivity contribution is 6.31. The van der Waals surface area contributed by atoms with Gasteiger partial charge in [-0.25, -0.2) is 4.39 Å². The van der Waals surface area contributed by atoms with E-state index in [0.717, 1.165) is 5.56 Å². The largest absolute Gasteiger partial charge is 0.507 e. The molecule has 258 valence electrons. The van der Waals surface area contributed by atoms with Crippen LogP contribution in [0.1, 0.15) is 88.8 Å². The number of benzene rings is 3. The van der Waals surface area contributed by atoms with E-state index in [4.69, 9.17) is 14.2 Å². The molecule has 3 aromatic carbocycles. The van der Waals surface area contributed by atoms with Gasteiger partial charge in [0.15, 0.2) is 17.9 Å². The zero-order valence-electron chi connectivity index (χ0n) is 25.8. The Bertz CT molecular complexity index is 1750. The van der Waals surface area contributed by atoms with Crippen LogP contribution >= 0.6 is 12.4 Å². The predicted octanol–water partition coefficient (Wildman–Crippen LogP) is 4.06. The summed E-state index contributed by atoms with van der Waals surface area (Å²) in [5, 5.41) is 48.7. The second-order valence-electron chi connectivity index (χ2n) is 12.1. The number of carbonyl (C=O) groups excluding carboxylic acids is 3. The fourth-order valence-electron chi connectivity index (χ4n) is 6.68. The van der Waals surface area contributed by atoms with Gasteiger partial charge in [0.2, 0.25) is 5.78 Å². The number of aliphatic hydroxyl groups excluding tert-OH is 1. The Labute approximate surface area is 283 Å². The van der Waals surface area contributed by atoms with E-state index in [9.17, 15) is 39.2 Å². The number of hydrogen-bond donors (Lipinski definition) is 5. The molecule has 0 amide bonds. The Hall–Kier alpha value is -3.91. The number of aromatic hydroxyl groups is 2. The van der Waals surface area contributed by atoms with Crippen LogP contribution in [-0.2, 0) is 27.2 Å². The number of aliphatic hydroxyl groups is 2. The van der Waals surface area contributed by atoms with Crippen molar-refractivity contribution in [3.63, 3.8) is 0 Å². The number of phenolic OH excluding ortho intramolecular Hbond substituents is 2. The van der Waals surface area contributed by atoms with Crippen LogP contribution < -0.4 is 10.1 Å². The van der Waals surface area contributed by atoms with Crippen LogP contribution in [0.4, 0.5) is 4.39 Å². The van der Waals surface area contributed by atoms with Crippen LogP contribution in [0.3, 0.4) is 0 Å². The van der Waals surface area contributed by atoms with Gasteiger partial charge in [0, 0.05) is 48.5 Å². The van der Waals surface area contributed by atoms with Gasteiger partial charge in [0.25, 0.3) is 0 Å². The lowest BCUT2D eigenvalue weighted by Crippen LogP contribution is -2.54. The summed E-state index contributed by atoms with van der Waals surface area (Å²) in [5.41, 5.74) is -2.40. The second kappa shape index (κ2) is 13.9. The lowest BCUT2D eigenvalue weighted by Gasteiger charge is -2.43. The van der Waals surface area contributed by atoms with Crippen molar-refractivity contribution in [1.82, 2.24) is 5.32 Å². The molecule has 1 saturated heterocycles. The molecule has 1 fully saturated rings. The van der Waals surface area contributed by atoms with Crippen molar-refractivity contribution in [2.45, 2.75) is 83.3 Å². The maximum Gasteiger partial charge on any atom is 0.202 e. The van der Waals surface area contributed by atoms with Crippen molar-refractivity contribution >= 4 is 29.8 Å². The molecule has 0 bridgehead atoms. The Balaban J connectivity index is 0.00000260. The number of fused-ring (bicyclic) bond motifs is 3. The number of rotatable bonds is 7. The van der Waals surface area contributed by atoms with Crippen molar-refractivity contribution in [3.8, 4) is 17.2 Å². The predicted molar refractivity (Wildman–Crippen MR) is 173 cm³/mol. The highest BCUT2D eigenvalue weighted by Gasteiger charge is 2.49. The highest BCUT2D eigenvalue weighted by Crippen LogP contribution is 2.52. The van der Waals surface area contributed by atoms with E-state index in [2.05, 4.69) is 5.32 Å². The zero-order chi connectivity index (χ0) is 33.1. The minimum Gasteiger partial charge on any atom is -0.507 e. The Morgan fingerprint density at radius 3 is 2.38 bits per heavy atom. The number of methoxy groups -OCH3 is 1. The average Bonchev–Trinajstić information content (AvgIpc) is 3.02. The summed E-state index contributed by atoms with van der Waals surface area (Å²) in [6.07, 6.45) is -4.69. The van der Waals surface area contributed by atoms with Crippen molar-refractivity contribution in [2.75, 3.05) is 7.11 Å². The fraction of sp³-hybridized carbons (Fsp3) is 0.400. The third-order valence-corrected chi connectivity index (χ3v) is 9.23. The number of ketones is 3. The zero-order valence-corrected chi connectivity index (χ0v) is 26.6. The standard InChI is InChI=1S/C34H34FNO10.CH4.ClH/c1-15-29(38)21(36-14-17-7-9-18(35)10-8-17)11-24(45-15)46-23-13-34(43,16(2)37)12-20-26(23)33(42)28-27(31(20)40)30(39)19-5-4-6-22(44-3)25(19)32(28)41;;/h4-10,15,21,23-24,29,36,38,40,42-43H,11-14H2,1-3H3;1H4;1H/t15?,21?,23-,24?,29?,34-;;/m0../s1. The maximum absolute atomic E-state index is 13.8. The topological polar surface area (TPSA) is 172 Å². The summed E-state index contributed by atoms with van der Waals surface area (Å²) < 4.78 is 30.9. The van der Waals surface area contributed by atoms with Crippen molar-refractivity contribution in [1.29, 1.82) is 0 Å². The molecule has 4 unspecified atom stereocenters. The minimum atomic E-state index is -2.04. The SMILES string of the molecule is C.COc1cccc2c1C(=O)c1c(O)c3c(c(O)c1C2=O)C[C@@](O)(C(C)=O)C[C@@H]3OC1CC(NCc2ccc(F)cc2)C(O)C(C)O1.Cl. The molecule has 1 aliphatic heterocycles. The van der Waals surface area contributed by atoms with E-state index in [1.807, 2.05) is 0 Å². The van der Waals surface area contributed by atoms with E-state index < -0.39 is 82.6 Å². The molecule has 0 radical (unpaired) electrons. The van der Waals surface area contributed by atoms with Crippen molar-refractivity contribution < 1.29 is 53.4 Å². The molecule has 0 saturated carbocycles. The molecule has 5 N–H and O–H groups in total. The van der Waals surface area contributed by atoms with Crippen molar-refractivity contribution in [3.05, 3.63) is 87.2 Å². The van der Waals surface area contributed by atoms with Gasteiger partial charge in [-0.15, -0.1) is 12.4 Å². The van der Waals surface area contributed by atoms with Crippen LogP contribution in [0.25, 0.3) is 0 Å². The van der Waals surface area contributed by atoms with E-state index in [1.165, 1.54) is 44.4 Å². The van der Waals surface area contributed by atoms with Crippen LogP contribution in [0.15, 0.2) is 42.5 Å². The van der Waals surface area contributed by atoms with Crippen molar-refractivity contribution in [2.24, 2.45) is 0 Å². The smallest absolute Gasteiger partial charge is 0.202 e. The first kappa shape index (κ1) is 36.9. The molecular formula is C35H39ClFNO10. The quantitative estimate of drug-likeness (QED) is 0.178. The molecule has 0 aromatic heterocycles. The highest BCUT2D eigenvalue weighted by atomic mass is 35.5. The summed E-state index contributed by atoms with van der Waals surface area (Å²) in [4.78, 5) is 40.2.